The molecule has 2 rings (SSSR count). The molecule has 0 aromatic heterocycles. The van der Waals surface area contributed by atoms with Gasteiger partial charge in [0.1, 0.15) is 5.75 Å². The quantitative estimate of drug-likeness (QED) is 0.340. The fraction of sp³-hybridized carbons (Fsp3) is 0.211. The third-order valence-electron chi connectivity index (χ3n) is 3.34. The fourth-order valence-corrected chi connectivity index (χ4v) is 2.19. The SMILES string of the molecule is COc1cc(/C=N/NC(=O)COc2ccc(Cl)c(C)c2)ccc1OC(C)=O. The van der Waals surface area contributed by atoms with Gasteiger partial charge in [-0.15, -0.1) is 0 Å². The second kappa shape index (κ2) is 9.59. The smallest absolute Gasteiger partial charge is 0.308 e. The zero-order valence-corrected chi connectivity index (χ0v) is 15.9. The van der Waals surface area contributed by atoms with Crippen molar-refractivity contribution in [2.45, 2.75) is 13.8 Å². The number of amides is 1. The van der Waals surface area contributed by atoms with E-state index in [9.17, 15) is 9.59 Å². The summed E-state index contributed by atoms with van der Waals surface area (Å²) in [6.45, 7) is 2.96. The first kappa shape index (κ1) is 20.3. The maximum absolute atomic E-state index is 11.8. The lowest BCUT2D eigenvalue weighted by Crippen LogP contribution is -2.24. The molecular formula is C19H19ClN2O5. The van der Waals surface area contributed by atoms with Crippen molar-refractivity contribution in [1.82, 2.24) is 5.43 Å². The van der Waals surface area contributed by atoms with Crippen LogP contribution in [0.4, 0.5) is 0 Å². The van der Waals surface area contributed by atoms with E-state index in [0.29, 0.717) is 27.8 Å². The van der Waals surface area contributed by atoms with Gasteiger partial charge in [0, 0.05) is 11.9 Å². The number of hydrazone groups is 1. The molecule has 2 aromatic carbocycles. The Morgan fingerprint density at radius 1 is 1.19 bits per heavy atom. The number of nitrogens with one attached hydrogen (secondary N) is 1. The number of hydrogen-bond donors (Lipinski definition) is 1. The molecular weight excluding hydrogens is 372 g/mol. The zero-order chi connectivity index (χ0) is 19.8. The first-order chi connectivity index (χ1) is 12.9. The van der Waals surface area contributed by atoms with E-state index in [1.54, 1.807) is 36.4 Å². The summed E-state index contributed by atoms with van der Waals surface area (Å²) in [7, 11) is 1.46. The van der Waals surface area contributed by atoms with Crippen molar-refractivity contribution >= 4 is 29.7 Å². The van der Waals surface area contributed by atoms with Crippen LogP contribution in [0, 0.1) is 6.92 Å². The Kier molecular flexibility index (Phi) is 7.19. The maximum Gasteiger partial charge on any atom is 0.308 e. The molecule has 0 atom stereocenters. The number of carbonyl (C=O) groups is 2. The number of ether oxygens (including phenoxy) is 3. The maximum atomic E-state index is 11.8. The molecule has 0 saturated carbocycles. The van der Waals surface area contributed by atoms with Gasteiger partial charge in [-0.25, -0.2) is 5.43 Å². The van der Waals surface area contributed by atoms with Crippen LogP contribution < -0.4 is 19.6 Å². The van der Waals surface area contributed by atoms with E-state index in [0.717, 1.165) is 5.56 Å². The van der Waals surface area contributed by atoms with Crippen LogP contribution in [0.1, 0.15) is 18.1 Å². The van der Waals surface area contributed by atoms with Crippen molar-refractivity contribution in [3.8, 4) is 17.2 Å². The number of methoxy groups -OCH3 is 1. The average molecular weight is 391 g/mol. The van der Waals surface area contributed by atoms with Gasteiger partial charge in [0.15, 0.2) is 18.1 Å². The van der Waals surface area contributed by atoms with E-state index in [1.165, 1.54) is 20.2 Å². The van der Waals surface area contributed by atoms with E-state index in [1.807, 2.05) is 6.92 Å². The first-order valence-electron chi connectivity index (χ1n) is 7.96. The van der Waals surface area contributed by atoms with Crippen LogP contribution in [0.5, 0.6) is 17.2 Å². The molecule has 142 valence electrons. The number of halogens is 1. The van der Waals surface area contributed by atoms with Crippen molar-refractivity contribution in [3.05, 3.63) is 52.5 Å². The van der Waals surface area contributed by atoms with Gasteiger partial charge < -0.3 is 14.2 Å². The molecule has 0 aliphatic rings. The van der Waals surface area contributed by atoms with Gasteiger partial charge in [0.25, 0.3) is 5.91 Å². The van der Waals surface area contributed by atoms with Gasteiger partial charge in [-0.05, 0) is 54.4 Å². The Morgan fingerprint density at radius 2 is 1.96 bits per heavy atom. The molecule has 1 amide bonds. The number of esters is 1. The highest BCUT2D eigenvalue weighted by atomic mass is 35.5. The minimum absolute atomic E-state index is 0.187. The van der Waals surface area contributed by atoms with Crippen LogP contribution in [0.3, 0.4) is 0 Å². The molecule has 8 heteroatoms. The number of nitrogens with zero attached hydrogens (tertiary/aromatic N) is 1. The molecule has 0 aliphatic heterocycles. The topological polar surface area (TPSA) is 86.2 Å². The molecule has 0 fully saturated rings. The average Bonchev–Trinajstić information content (AvgIpc) is 2.63. The lowest BCUT2D eigenvalue weighted by atomic mass is 10.2. The molecule has 0 heterocycles. The van der Waals surface area contributed by atoms with Crippen molar-refractivity contribution in [2.24, 2.45) is 5.10 Å². The third-order valence-corrected chi connectivity index (χ3v) is 3.77. The van der Waals surface area contributed by atoms with E-state index in [4.69, 9.17) is 25.8 Å². The van der Waals surface area contributed by atoms with Crippen LogP contribution in [0.15, 0.2) is 41.5 Å². The largest absolute Gasteiger partial charge is 0.493 e. The van der Waals surface area contributed by atoms with E-state index in [-0.39, 0.29) is 6.61 Å². The fourth-order valence-electron chi connectivity index (χ4n) is 2.07. The predicted octanol–water partition coefficient (Wildman–Crippen LogP) is 3.11. The number of rotatable bonds is 7. The highest BCUT2D eigenvalue weighted by Gasteiger charge is 2.07. The number of hydrogen-bond acceptors (Lipinski definition) is 6. The van der Waals surface area contributed by atoms with Crippen molar-refractivity contribution < 1.29 is 23.8 Å². The molecule has 7 nitrogen and oxygen atoms in total. The second-order valence-corrected chi connectivity index (χ2v) is 5.90. The number of benzene rings is 2. The van der Waals surface area contributed by atoms with Crippen LogP contribution in [0.2, 0.25) is 5.02 Å². The molecule has 0 aliphatic carbocycles. The summed E-state index contributed by atoms with van der Waals surface area (Å²) in [5, 5.41) is 4.49. The molecule has 0 spiro atoms. The Balaban J connectivity index is 1.89. The molecule has 27 heavy (non-hydrogen) atoms. The predicted molar refractivity (Wildman–Crippen MR) is 102 cm³/mol. The van der Waals surface area contributed by atoms with Gasteiger partial charge in [-0.2, -0.15) is 5.10 Å². The summed E-state index contributed by atoms with van der Waals surface area (Å²) in [5.41, 5.74) is 3.88. The molecule has 0 radical (unpaired) electrons. The van der Waals surface area contributed by atoms with Gasteiger partial charge in [-0.3, -0.25) is 9.59 Å². The summed E-state index contributed by atoms with van der Waals surface area (Å²) >= 11 is 5.94. The van der Waals surface area contributed by atoms with Gasteiger partial charge in [0.2, 0.25) is 0 Å². The lowest BCUT2D eigenvalue weighted by Gasteiger charge is -2.08. The summed E-state index contributed by atoms with van der Waals surface area (Å²) in [6, 6.07) is 10.0. The van der Waals surface area contributed by atoms with E-state index >= 15 is 0 Å². The Labute approximate surface area is 161 Å². The zero-order valence-electron chi connectivity index (χ0n) is 15.1. The summed E-state index contributed by atoms with van der Waals surface area (Å²) in [6.07, 6.45) is 1.43. The van der Waals surface area contributed by atoms with E-state index in [2.05, 4.69) is 10.5 Å². The molecule has 1 N–H and O–H groups in total. The normalized spacial score (nSPS) is 10.5. The molecule has 2 aromatic rings. The monoisotopic (exact) mass is 390 g/mol. The first-order valence-corrected chi connectivity index (χ1v) is 8.34. The summed E-state index contributed by atoms with van der Waals surface area (Å²) in [4.78, 5) is 22.8. The summed E-state index contributed by atoms with van der Waals surface area (Å²) < 4.78 is 15.6. The van der Waals surface area contributed by atoms with Crippen LogP contribution >= 0.6 is 11.6 Å². The van der Waals surface area contributed by atoms with Gasteiger partial charge in [-0.1, -0.05) is 11.6 Å². The molecule has 0 unspecified atom stereocenters. The van der Waals surface area contributed by atoms with Crippen molar-refractivity contribution in [1.29, 1.82) is 0 Å². The Morgan fingerprint density at radius 3 is 2.63 bits per heavy atom. The highest BCUT2D eigenvalue weighted by molar-refractivity contribution is 6.31. The number of aryl methyl sites for hydroxylation is 1. The van der Waals surface area contributed by atoms with Crippen LogP contribution in [-0.4, -0.2) is 31.8 Å². The Hall–Kier alpha value is -3.06. The number of carbonyl (C=O) groups excluding carboxylic acids is 2. The van der Waals surface area contributed by atoms with Crippen molar-refractivity contribution in [2.75, 3.05) is 13.7 Å². The van der Waals surface area contributed by atoms with Gasteiger partial charge >= 0.3 is 5.97 Å². The van der Waals surface area contributed by atoms with E-state index < -0.39 is 11.9 Å². The summed E-state index contributed by atoms with van der Waals surface area (Å²) in [5.74, 6) is 0.363. The Bertz CT molecular complexity index is 867. The second-order valence-electron chi connectivity index (χ2n) is 5.50. The molecule has 0 saturated heterocycles. The third kappa shape index (κ3) is 6.31. The lowest BCUT2D eigenvalue weighted by molar-refractivity contribution is -0.132. The minimum atomic E-state index is -0.446. The van der Waals surface area contributed by atoms with Gasteiger partial charge in [0.05, 0.1) is 13.3 Å². The van der Waals surface area contributed by atoms with Crippen molar-refractivity contribution in [3.63, 3.8) is 0 Å². The standard InChI is InChI=1S/C19H19ClN2O5/c1-12-8-15(5-6-16(12)20)26-11-19(24)22-21-10-14-4-7-17(27-13(2)23)18(9-14)25-3/h4-10H,11H2,1-3H3,(H,22,24)/b21-10+. The molecule has 0 bridgehead atoms. The van der Waals surface area contributed by atoms with Crippen LogP contribution in [-0.2, 0) is 9.59 Å². The highest BCUT2D eigenvalue weighted by Crippen LogP contribution is 2.27. The minimum Gasteiger partial charge on any atom is -0.493 e. The van der Waals surface area contributed by atoms with Crippen LogP contribution in [0.25, 0.3) is 0 Å².